The van der Waals surface area contributed by atoms with Crippen LogP contribution in [0, 0.1) is 6.92 Å². The SMILES string of the molecule is Cc1nc(C(F)F)nn1C. The minimum absolute atomic E-state index is 0.403. The van der Waals surface area contributed by atoms with Crippen LogP contribution in [0.1, 0.15) is 18.1 Å². The number of hydrogen-bond acceptors (Lipinski definition) is 2. The smallest absolute Gasteiger partial charge is 0.253 e. The van der Waals surface area contributed by atoms with E-state index in [9.17, 15) is 8.78 Å². The van der Waals surface area contributed by atoms with Crippen LogP contribution >= 0.6 is 0 Å². The molecule has 3 nitrogen and oxygen atoms in total. The molecule has 0 bridgehead atoms. The molecule has 0 fully saturated rings. The fraction of sp³-hybridized carbons (Fsp3) is 0.600. The highest BCUT2D eigenvalue weighted by molar-refractivity contribution is 4.90. The Morgan fingerprint density at radius 3 is 2.30 bits per heavy atom. The molecule has 56 valence electrons. The van der Waals surface area contributed by atoms with E-state index in [1.54, 1.807) is 14.0 Å². The first-order valence-corrected chi connectivity index (χ1v) is 2.77. The molecular weight excluding hydrogens is 140 g/mol. The molecule has 0 aliphatic heterocycles. The molecular formula is C5H7F2N3. The van der Waals surface area contributed by atoms with Gasteiger partial charge in [0.1, 0.15) is 5.82 Å². The number of alkyl halides is 2. The van der Waals surface area contributed by atoms with Gasteiger partial charge in [-0.3, -0.25) is 4.68 Å². The van der Waals surface area contributed by atoms with Gasteiger partial charge in [0.05, 0.1) is 0 Å². The number of halogens is 2. The maximum absolute atomic E-state index is 11.8. The predicted octanol–water partition coefficient (Wildman–Crippen LogP) is 1.06. The summed E-state index contributed by atoms with van der Waals surface area (Å²) in [4.78, 5) is 3.51. The van der Waals surface area contributed by atoms with Crippen LogP contribution in [-0.4, -0.2) is 14.8 Å². The summed E-state index contributed by atoms with van der Waals surface area (Å²) in [6, 6.07) is 0. The third-order valence-corrected chi connectivity index (χ3v) is 1.19. The molecule has 1 aromatic rings. The van der Waals surface area contributed by atoms with Crippen molar-refractivity contribution in [3.8, 4) is 0 Å². The van der Waals surface area contributed by atoms with Crippen LogP contribution in [0.5, 0.6) is 0 Å². The Bertz CT molecular complexity index is 211. The highest BCUT2D eigenvalue weighted by atomic mass is 19.3. The second-order valence-corrected chi connectivity index (χ2v) is 1.94. The van der Waals surface area contributed by atoms with E-state index < -0.39 is 12.2 Å². The molecule has 0 saturated heterocycles. The normalized spacial score (nSPS) is 10.9. The first-order valence-electron chi connectivity index (χ1n) is 2.77. The molecule has 0 saturated carbocycles. The van der Waals surface area contributed by atoms with Gasteiger partial charge in [-0.2, -0.15) is 5.10 Å². The zero-order valence-corrected chi connectivity index (χ0v) is 5.67. The van der Waals surface area contributed by atoms with Crippen molar-refractivity contribution in [3.05, 3.63) is 11.6 Å². The van der Waals surface area contributed by atoms with Crippen molar-refractivity contribution >= 4 is 0 Å². The minimum Gasteiger partial charge on any atom is -0.253 e. The summed E-state index contributed by atoms with van der Waals surface area (Å²) in [5.41, 5.74) is 0. The zero-order valence-electron chi connectivity index (χ0n) is 5.67. The van der Waals surface area contributed by atoms with Gasteiger partial charge in [-0.25, -0.2) is 13.8 Å². The molecule has 0 atom stereocenters. The van der Waals surface area contributed by atoms with Crippen LogP contribution in [-0.2, 0) is 7.05 Å². The van der Waals surface area contributed by atoms with Crippen molar-refractivity contribution in [2.75, 3.05) is 0 Å². The molecule has 0 radical (unpaired) electrons. The number of rotatable bonds is 1. The van der Waals surface area contributed by atoms with Crippen molar-refractivity contribution in [2.24, 2.45) is 7.05 Å². The number of nitrogens with zero attached hydrogens (tertiary/aromatic N) is 3. The van der Waals surface area contributed by atoms with Gasteiger partial charge >= 0.3 is 0 Å². The van der Waals surface area contributed by atoms with Gasteiger partial charge in [0.2, 0.25) is 5.82 Å². The first-order chi connectivity index (χ1) is 4.61. The van der Waals surface area contributed by atoms with E-state index in [4.69, 9.17) is 0 Å². The van der Waals surface area contributed by atoms with Gasteiger partial charge in [0.15, 0.2) is 0 Å². The summed E-state index contributed by atoms with van der Waals surface area (Å²) in [5, 5.41) is 3.47. The van der Waals surface area contributed by atoms with Crippen LogP contribution in [0.2, 0.25) is 0 Å². The van der Waals surface area contributed by atoms with Crippen LogP contribution in [0.15, 0.2) is 0 Å². The lowest BCUT2D eigenvalue weighted by Crippen LogP contribution is -1.93. The van der Waals surface area contributed by atoms with E-state index in [1.807, 2.05) is 0 Å². The van der Waals surface area contributed by atoms with Crippen LogP contribution in [0.4, 0.5) is 8.78 Å². The number of aromatic nitrogens is 3. The molecule has 0 aliphatic rings. The topological polar surface area (TPSA) is 30.7 Å². The van der Waals surface area contributed by atoms with E-state index in [-0.39, 0.29) is 0 Å². The van der Waals surface area contributed by atoms with Crippen LogP contribution < -0.4 is 0 Å². The van der Waals surface area contributed by atoms with Crippen molar-refractivity contribution in [1.29, 1.82) is 0 Å². The van der Waals surface area contributed by atoms with Gasteiger partial charge in [0.25, 0.3) is 6.43 Å². The highest BCUT2D eigenvalue weighted by Crippen LogP contribution is 2.13. The summed E-state index contributed by atoms with van der Waals surface area (Å²) in [6.45, 7) is 1.62. The average molecular weight is 147 g/mol. The largest absolute Gasteiger partial charge is 0.299 e. The lowest BCUT2D eigenvalue weighted by Gasteiger charge is -1.86. The zero-order chi connectivity index (χ0) is 7.72. The van der Waals surface area contributed by atoms with Crippen molar-refractivity contribution in [2.45, 2.75) is 13.3 Å². The Morgan fingerprint density at radius 2 is 2.10 bits per heavy atom. The summed E-state index contributed by atoms with van der Waals surface area (Å²) in [5.74, 6) is 0.0929. The van der Waals surface area contributed by atoms with Crippen LogP contribution in [0.25, 0.3) is 0 Å². The molecule has 10 heavy (non-hydrogen) atoms. The molecule has 1 heterocycles. The molecule has 0 spiro atoms. The predicted molar refractivity (Wildman–Crippen MR) is 30.7 cm³/mol. The molecule has 0 aromatic carbocycles. The van der Waals surface area contributed by atoms with Crippen molar-refractivity contribution in [3.63, 3.8) is 0 Å². The summed E-state index contributed by atoms with van der Waals surface area (Å²) >= 11 is 0. The molecule has 5 heteroatoms. The highest BCUT2D eigenvalue weighted by Gasteiger charge is 2.13. The third kappa shape index (κ3) is 1.12. The minimum atomic E-state index is -2.57. The standard InChI is InChI=1S/C5H7F2N3/c1-3-8-5(4(6)7)9-10(3)2/h4H,1-2H3. The monoisotopic (exact) mass is 147 g/mol. The summed E-state index contributed by atoms with van der Waals surface area (Å²) in [7, 11) is 1.58. The molecule has 0 aliphatic carbocycles. The molecule has 1 rings (SSSR count). The third-order valence-electron chi connectivity index (χ3n) is 1.19. The Morgan fingerprint density at radius 1 is 1.50 bits per heavy atom. The van der Waals surface area contributed by atoms with E-state index in [2.05, 4.69) is 10.1 Å². The van der Waals surface area contributed by atoms with Crippen molar-refractivity contribution < 1.29 is 8.78 Å². The summed E-state index contributed by atoms with van der Waals surface area (Å²) in [6.07, 6.45) is -2.57. The number of hydrogen-bond donors (Lipinski definition) is 0. The van der Waals surface area contributed by atoms with E-state index >= 15 is 0 Å². The summed E-state index contributed by atoms with van der Waals surface area (Å²) < 4.78 is 25.0. The Hall–Kier alpha value is -1.00. The second kappa shape index (κ2) is 2.32. The molecule has 1 aromatic heterocycles. The van der Waals surface area contributed by atoms with Gasteiger partial charge in [-0.1, -0.05) is 0 Å². The van der Waals surface area contributed by atoms with E-state index in [0.717, 1.165) is 0 Å². The second-order valence-electron chi connectivity index (χ2n) is 1.94. The van der Waals surface area contributed by atoms with Gasteiger partial charge in [-0.15, -0.1) is 0 Å². The van der Waals surface area contributed by atoms with Gasteiger partial charge in [0, 0.05) is 7.05 Å². The van der Waals surface area contributed by atoms with Crippen LogP contribution in [0.3, 0.4) is 0 Å². The maximum atomic E-state index is 11.8. The number of aryl methyl sites for hydroxylation is 2. The molecule has 0 unspecified atom stereocenters. The quantitative estimate of drug-likeness (QED) is 0.594. The Balaban J connectivity index is 2.98. The lowest BCUT2D eigenvalue weighted by atomic mass is 10.6. The van der Waals surface area contributed by atoms with Gasteiger partial charge < -0.3 is 0 Å². The fourth-order valence-electron chi connectivity index (χ4n) is 0.579. The van der Waals surface area contributed by atoms with Crippen molar-refractivity contribution in [1.82, 2.24) is 14.8 Å². The molecule has 0 N–H and O–H groups in total. The van der Waals surface area contributed by atoms with E-state index in [1.165, 1.54) is 4.68 Å². The average Bonchev–Trinajstić information content (AvgIpc) is 2.13. The van der Waals surface area contributed by atoms with E-state index in [0.29, 0.717) is 5.82 Å². The Labute approximate surface area is 56.7 Å². The fourth-order valence-corrected chi connectivity index (χ4v) is 0.579. The maximum Gasteiger partial charge on any atom is 0.299 e. The molecule has 0 amide bonds. The van der Waals surface area contributed by atoms with Gasteiger partial charge in [-0.05, 0) is 6.92 Å². The first kappa shape index (κ1) is 7.11. The Kier molecular flexibility index (Phi) is 1.65. The lowest BCUT2D eigenvalue weighted by molar-refractivity contribution is 0.140.